The van der Waals surface area contributed by atoms with Crippen LogP contribution in [0.4, 0.5) is 0 Å². The molecule has 1 N–H and O–H groups in total. The van der Waals surface area contributed by atoms with Gasteiger partial charge < -0.3 is 5.32 Å². The minimum atomic E-state index is 0.605. The van der Waals surface area contributed by atoms with Crippen LogP contribution in [0.3, 0.4) is 0 Å². The van der Waals surface area contributed by atoms with Gasteiger partial charge in [-0.15, -0.1) is 11.8 Å². The molecular weight excluding hydrogens is 262 g/mol. The summed E-state index contributed by atoms with van der Waals surface area (Å²) in [7, 11) is 0. The Kier molecular flexibility index (Phi) is 7.13. The second kappa shape index (κ2) is 8.08. The normalized spacial score (nSPS) is 13.0. The van der Waals surface area contributed by atoms with E-state index >= 15 is 0 Å². The lowest BCUT2D eigenvalue weighted by molar-refractivity contribution is 0.550. The fourth-order valence-electron chi connectivity index (χ4n) is 1.60. The molecule has 0 radical (unpaired) electrons. The Labute approximate surface area is 121 Å². The molecule has 0 saturated carbocycles. The van der Waals surface area contributed by atoms with Gasteiger partial charge >= 0.3 is 0 Å². The number of hydrogen-bond acceptors (Lipinski definition) is 2. The molecule has 0 amide bonds. The average Bonchev–Trinajstić information content (AvgIpc) is 2.32. The van der Waals surface area contributed by atoms with Crippen molar-refractivity contribution in [1.82, 2.24) is 5.32 Å². The predicted molar refractivity (Wildman–Crippen MR) is 83.6 cm³/mol. The van der Waals surface area contributed by atoms with Gasteiger partial charge in [-0.2, -0.15) is 0 Å². The van der Waals surface area contributed by atoms with Gasteiger partial charge in [-0.1, -0.05) is 51.4 Å². The maximum Gasteiger partial charge on any atom is 0.0545 e. The third-order valence-corrected chi connectivity index (χ3v) is 4.69. The van der Waals surface area contributed by atoms with Crippen LogP contribution in [0.2, 0.25) is 5.02 Å². The van der Waals surface area contributed by atoms with Crippen molar-refractivity contribution in [2.45, 2.75) is 50.8 Å². The molecular formula is C15H24ClNS. The maximum atomic E-state index is 6.32. The summed E-state index contributed by atoms with van der Waals surface area (Å²) in [6.45, 7) is 10.8. The zero-order valence-electron chi connectivity index (χ0n) is 11.8. The first-order valence-corrected chi connectivity index (χ1v) is 7.95. The van der Waals surface area contributed by atoms with E-state index in [0.717, 1.165) is 24.5 Å². The van der Waals surface area contributed by atoms with Gasteiger partial charge in [0.2, 0.25) is 0 Å². The van der Waals surface area contributed by atoms with Crippen LogP contribution in [0.15, 0.2) is 23.1 Å². The number of halogens is 1. The second-order valence-electron chi connectivity index (χ2n) is 5.09. The molecule has 1 aromatic carbocycles. The van der Waals surface area contributed by atoms with Crippen molar-refractivity contribution in [2.75, 3.05) is 6.54 Å². The Balaban J connectivity index is 2.73. The van der Waals surface area contributed by atoms with E-state index in [1.807, 2.05) is 23.9 Å². The molecule has 0 aliphatic carbocycles. The van der Waals surface area contributed by atoms with E-state index in [2.05, 4.69) is 39.1 Å². The van der Waals surface area contributed by atoms with Gasteiger partial charge in [0, 0.05) is 16.7 Å². The summed E-state index contributed by atoms with van der Waals surface area (Å²) in [5.74, 6) is 0.676. The first-order chi connectivity index (χ1) is 8.54. The van der Waals surface area contributed by atoms with E-state index in [4.69, 9.17) is 11.6 Å². The molecule has 18 heavy (non-hydrogen) atoms. The number of hydrogen-bond donors (Lipinski definition) is 1. The first kappa shape index (κ1) is 15.9. The highest BCUT2D eigenvalue weighted by atomic mass is 35.5. The van der Waals surface area contributed by atoms with Crippen LogP contribution in [0, 0.1) is 5.92 Å². The van der Waals surface area contributed by atoms with Crippen LogP contribution < -0.4 is 5.32 Å². The van der Waals surface area contributed by atoms with E-state index in [0.29, 0.717) is 11.2 Å². The third-order valence-electron chi connectivity index (χ3n) is 2.81. The van der Waals surface area contributed by atoms with Gasteiger partial charge in [-0.25, -0.2) is 0 Å². The lowest BCUT2D eigenvalue weighted by Gasteiger charge is -2.15. The monoisotopic (exact) mass is 285 g/mol. The Hall–Kier alpha value is -0.180. The van der Waals surface area contributed by atoms with E-state index < -0.39 is 0 Å². The average molecular weight is 286 g/mol. The zero-order valence-corrected chi connectivity index (χ0v) is 13.4. The fraction of sp³-hybridized carbons (Fsp3) is 0.600. The highest BCUT2D eigenvalue weighted by Gasteiger charge is 2.10. The topological polar surface area (TPSA) is 12.0 Å². The quantitative estimate of drug-likeness (QED) is 0.710. The summed E-state index contributed by atoms with van der Waals surface area (Å²) < 4.78 is 0. The first-order valence-electron chi connectivity index (χ1n) is 6.69. The largest absolute Gasteiger partial charge is 0.312 e. The molecule has 102 valence electrons. The van der Waals surface area contributed by atoms with Crippen LogP contribution in [0.5, 0.6) is 0 Å². The van der Waals surface area contributed by atoms with Crippen molar-refractivity contribution < 1.29 is 0 Å². The maximum absolute atomic E-state index is 6.32. The molecule has 3 heteroatoms. The molecule has 0 spiro atoms. The Morgan fingerprint density at radius 1 is 1.28 bits per heavy atom. The fourth-order valence-corrected chi connectivity index (χ4v) is 2.97. The Bertz CT molecular complexity index is 366. The standard InChI is InChI=1S/C15H24ClNS/c1-5-12(4)18-15-13(7-6-8-14(15)16)10-17-9-11(2)3/h6-8,11-12,17H,5,9-10H2,1-4H3. The summed E-state index contributed by atoms with van der Waals surface area (Å²) in [6.07, 6.45) is 1.16. The van der Waals surface area contributed by atoms with Crippen LogP contribution in [0.1, 0.15) is 39.7 Å². The third kappa shape index (κ3) is 5.21. The number of nitrogens with one attached hydrogen (secondary N) is 1. The smallest absolute Gasteiger partial charge is 0.0545 e. The lowest BCUT2D eigenvalue weighted by Crippen LogP contribution is -2.19. The van der Waals surface area contributed by atoms with E-state index in [1.165, 1.54) is 10.5 Å². The molecule has 1 unspecified atom stereocenters. The molecule has 1 nitrogen and oxygen atoms in total. The van der Waals surface area contributed by atoms with Crippen LogP contribution >= 0.6 is 23.4 Å². The molecule has 1 aromatic rings. The van der Waals surface area contributed by atoms with Crippen molar-refractivity contribution in [2.24, 2.45) is 5.92 Å². The minimum Gasteiger partial charge on any atom is -0.312 e. The van der Waals surface area contributed by atoms with Gasteiger partial charge in [-0.3, -0.25) is 0 Å². The predicted octanol–water partition coefficient (Wildman–Crippen LogP) is 4.98. The van der Waals surface area contributed by atoms with Crippen LogP contribution in [0.25, 0.3) is 0 Å². The highest BCUT2D eigenvalue weighted by Crippen LogP contribution is 2.34. The van der Waals surface area contributed by atoms with Gasteiger partial charge in [0.25, 0.3) is 0 Å². The minimum absolute atomic E-state index is 0.605. The molecule has 1 rings (SSSR count). The number of rotatable bonds is 7. The summed E-state index contributed by atoms with van der Waals surface area (Å²) in [5.41, 5.74) is 1.31. The zero-order chi connectivity index (χ0) is 13.5. The van der Waals surface area contributed by atoms with Crippen molar-refractivity contribution >= 4 is 23.4 Å². The number of benzene rings is 1. The molecule has 0 heterocycles. The van der Waals surface area contributed by atoms with E-state index in [9.17, 15) is 0 Å². The summed E-state index contributed by atoms with van der Waals surface area (Å²) in [5, 5.41) is 4.97. The van der Waals surface area contributed by atoms with Crippen LogP contribution in [-0.4, -0.2) is 11.8 Å². The molecule has 1 atom stereocenters. The van der Waals surface area contributed by atoms with Gasteiger partial charge in [0.15, 0.2) is 0 Å². The van der Waals surface area contributed by atoms with Gasteiger partial charge in [-0.05, 0) is 30.5 Å². The Morgan fingerprint density at radius 2 is 2.00 bits per heavy atom. The molecule has 0 saturated heterocycles. The van der Waals surface area contributed by atoms with Gasteiger partial charge in [0.05, 0.1) is 5.02 Å². The summed E-state index contributed by atoms with van der Waals surface area (Å²) >= 11 is 8.21. The molecule has 0 aliphatic heterocycles. The molecule has 0 aromatic heterocycles. The highest BCUT2D eigenvalue weighted by molar-refractivity contribution is 8.00. The second-order valence-corrected chi connectivity index (χ2v) is 6.95. The van der Waals surface area contributed by atoms with Crippen molar-refractivity contribution in [3.63, 3.8) is 0 Å². The SMILES string of the molecule is CCC(C)Sc1c(Cl)cccc1CNCC(C)C. The summed E-state index contributed by atoms with van der Waals surface area (Å²) in [4.78, 5) is 1.24. The van der Waals surface area contributed by atoms with Gasteiger partial charge in [0.1, 0.15) is 0 Å². The van der Waals surface area contributed by atoms with Crippen molar-refractivity contribution in [1.29, 1.82) is 0 Å². The van der Waals surface area contributed by atoms with Crippen molar-refractivity contribution in [3.05, 3.63) is 28.8 Å². The molecule has 0 bridgehead atoms. The van der Waals surface area contributed by atoms with Crippen molar-refractivity contribution in [3.8, 4) is 0 Å². The Morgan fingerprint density at radius 3 is 2.61 bits per heavy atom. The molecule has 0 aliphatic rings. The summed E-state index contributed by atoms with van der Waals surface area (Å²) in [6, 6.07) is 6.19. The number of thioether (sulfide) groups is 1. The molecule has 0 fully saturated rings. The lowest BCUT2D eigenvalue weighted by atomic mass is 10.2. The van der Waals surface area contributed by atoms with E-state index in [-0.39, 0.29) is 0 Å². The van der Waals surface area contributed by atoms with E-state index in [1.54, 1.807) is 0 Å². The van der Waals surface area contributed by atoms with Crippen LogP contribution in [-0.2, 0) is 6.54 Å².